The molecule has 0 saturated heterocycles. The first-order chi connectivity index (χ1) is 8.99. The van der Waals surface area contributed by atoms with Gasteiger partial charge in [0.25, 0.3) is 5.91 Å². The van der Waals surface area contributed by atoms with Gasteiger partial charge in [-0.15, -0.1) is 0 Å². The number of aryl methyl sites for hydroxylation is 1. The molecular weight excluding hydrogens is 243 g/mol. The molecule has 98 valence electrons. The Labute approximate surface area is 111 Å². The minimum Gasteiger partial charge on any atom is -0.399 e. The Hall–Kier alpha value is -2.36. The smallest absolute Gasteiger partial charge is 0.258 e. The molecule has 0 fully saturated rings. The van der Waals surface area contributed by atoms with Crippen LogP contribution in [0.15, 0.2) is 42.5 Å². The molecule has 1 amide bonds. The van der Waals surface area contributed by atoms with Gasteiger partial charge in [0.15, 0.2) is 0 Å². The molecular formula is C15H15FN2O. The zero-order chi connectivity index (χ0) is 14.0. The number of carbonyl (C=O) groups is 1. The largest absolute Gasteiger partial charge is 0.399 e. The minimum atomic E-state index is -0.317. The fourth-order valence-electron chi connectivity index (χ4n) is 1.82. The molecule has 0 aliphatic heterocycles. The molecule has 4 heteroatoms. The molecule has 0 radical (unpaired) electrons. The summed E-state index contributed by atoms with van der Waals surface area (Å²) in [4.78, 5) is 13.8. The average Bonchev–Trinajstić information content (AvgIpc) is 2.40. The number of rotatable bonds is 2. The lowest BCUT2D eigenvalue weighted by atomic mass is 10.1. The second-order valence-electron chi connectivity index (χ2n) is 4.42. The van der Waals surface area contributed by atoms with E-state index in [0.717, 1.165) is 0 Å². The summed E-state index contributed by atoms with van der Waals surface area (Å²) in [5.74, 6) is -0.517. The molecule has 0 aromatic heterocycles. The van der Waals surface area contributed by atoms with Crippen LogP contribution in [0.4, 0.5) is 15.8 Å². The van der Waals surface area contributed by atoms with Crippen LogP contribution in [0.2, 0.25) is 0 Å². The predicted molar refractivity (Wildman–Crippen MR) is 74.7 cm³/mol. The average molecular weight is 258 g/mol. The van der Waals surface area contributed by atoms with E-state index in [2.05, 4.69) is 0 Å². The molecule has 2 aromatic rings. The number of benzene rings is 2. The van der Waals surface area contributed by atoms with Crippen molar-refractivity contribution in [3.8, 4) is 0 Å². The summed E-state index contributed by atoms with van der Waals surface area (Å²) >= 11 is 0. The number of nitrogens with two attached hydrogens (primary N) is 1. The van der Waals surface area contributed by atoms with E-state index in [-0.39, 0.29) is 11.7 Å². The van der Waals surface area contributed by atoms with Gasteiger partial charge in [-0.3, -0.25) is 4.79 Å². The lowest BCUT2D eigenvalue weighted by molar-refractivity contribution is 0.0993. The second-order valence-corrected chi connectivity index (χ2v) is 4.42. The zero-order valence-corrected chi connectivity index (χ0v) is 10.9. The molecule has 0 atom stereocenters. The van der Waals surface area contributed by atoms with Gasteiger partial charge in [-0.25, -0.2) is 4.39 Å². The minimum absolute atomic E-state index is 0.200. The predicted octanol–water partition coefficient (Wildman–Crippen LogP) is 2.99. The normalized spacial score (nSPS) is 10.3. The van der Waals surface area contributed by atoms with E-state index in [1.165, 1.54) is 17.0 Å². The van der Waals surface area contributed by atoms with Gasteiger partial charge in [0.05, 0.1) is 0 Å². The summed E-state index contributed by atoms with van der Waals surface area (Å²) in [6.07, 6.45) is 0. The standard InChI is InChI=1S/C15H15FN2O/c1-10-8-11(6-7-14(10)16)15(19)18(2)13-5-3-4-12(17)9-13/h3-9H,17H2,1-2H3. The fraction of sp³-hybridized carbons (Fsp3) is 0.133. The van der Waals surface area contributed by atoms with Crippen LogP contribution >= 0.6 is 0 Å². The third kappa shape index (κ3) is 2.73. The van der Waals surface area contributed by atoms with E-state index >= 15 is 0 Å². The van der Waals surface area contributed by atoms with Crippen molar-refractivity contribution in [3.05, 3.63) is 59.4 Å². The van der Waals surface area contributed by atoms with Gasteiger partial charge >= 0.3 is 0 Å². The number of nitrogen functional groups attached to an aromatic ring is 1. The number of carbonyl (C=O) groups excluding carboxylic acids is 1. The molecule has 0 bridgehead atoms. The Morgan fingerprint density at radius 1 is 1.21 bits per heavy atom. The molecule has 2 N–H and O–H groups in total. The van der Waals surface area contributed by atoms with E-state index in [1.807, 2.05) is 0 Å². The monoisotopic (exact) mass is 258 g/mol. The molecule has 0 aliphatic rings. The maximum Gasteiger partial charge on any atom is 0.258 e. The van der Waals surface area contributed by atoms with Crippen LogP contribution in [0, 0.1) is 12.7 Å². The van der Waals surface area contributed by atoms with Gasteiger partial charge < -0.3 is 10.6 Å². The number of anilines is 2. The van der Waals surface area contributed by atoms with Gasteiger partial charge in [0.2, 0.25) is 0 Å². The second kappa shape index (κ2) is 5.10. The Morgan fingerprint density at radius 2 is 1.95 bits per heavy atom. The first-order valence-electron chi connectivity index (χ1n) is 5.89. The third-order valence-electron chi connectivity index (χ3n) is 2.97. The molecule has 0 saturated carbocycles. The van der Waals surface area contributed by atoms with Crippen molar-refractivity contribution in [2.75, 3.05) is 17.7 Å². The quantitative estimate of drug-likeness (QED) is 0.842. The van der Waals surface area contributed by atoms with Gasteiger partial charge in [-0.2, -0.15) is 0 Å². The summed E-state index contributed by atoms with van der Waals surface area (Å²) in [5.41, 5.74) is 7.88. The lowest BCUT2D eigenvalue weighted by Crippen LogP contribution is -2.26. The van der Waals surface area contributed by atoms with Crippen LogP contribution < -0.4 is 10.6 Å². The highest BCUT2D eigenvalue weighted by molar-refractivity contribution is 6.06. The van der Waals surface area contributed by atoms with Crippen LogP contribution in [0.5, 0.6) is 0 Å². The number of halogens is 1. The molecule has 0 heterocycles. The Balaban J connectivity index is 2.30. The number of hydrogen-bond donors (Lipinski definition) is 1. The van der Waals surface area contributed by atoms with Crippen molar-refractivity contribution < 1.29 is 9.18 Å². The van der Waals surface area contributed by atoms with Crippen molar-refractivity contribution in [1.29, 1.82) is 0 Å². The summed E-state index contributed by atoms with van der Waals surface area (Å²) in [5, 5.41) is 0. The van der Waals surface area contributed by atoms with E-state index in [0.29, 0.717) is 22.5 Å². The van der Waals surface area contributed by atoms with E-state index in [4.69, 9.17) is 5.73 Å². The van der Waals surface area contributed by atoms with Crippen molar-refractivity contribution >= 4 is 17.3 Å². The van der Waals surface area contributed by atoms with Crippen molar-refractivity contribution in [2.24, 2.45) is 0 Å². The van der Waals surface area contributed by atoms with Crippen LogP contribution in [-0.2, 0) is 0 Å². The highest BCUT2D eigenvalue weighted by Crippen LogP contribution is 2.19. The molecule has 2 aromatic carbocycles. The summed E-state index contributed by atoms with van der Waals surface area (Å²) < 4.78 is 13.2. The molecule has 0 spiro atoms. The third-order valence-corrected chi connectivity index (χ3v) is 2.97. The van der Waals surface area contributed by atoms with Gasteiger partial charge in [-0.05, 0) is 48.9 Å². The van der Waals surface area contributed by atoms with Gasteiger partial charge in [0.1, 0.15) is 5.82 Å². The van der Waals surface area contributed by atoms with E-state index in [9.17, 15) is 9.18 Å². The zero-order valence-electron chi connectivity index (χ0n) is 10.9. The molecule has 2 rings (SSSR count). The fourth-order valence-corrected chi connectivity index (χ4v) is 1.82. The highest BCUT2D eigenvalue weighted by Gasteiger charge is 2.14. The molecule has 0 unspecified atom stereocenters. The van der Waals surface area contributed by atoms with Crippen LogP contribution in [0.25, 0.3) is 0 Å². The Morgan fingerprint density at radius 3 is 2.58 bits per heavy atom. The summed E-state index contributed by atoms with van der Waals surface area (Å²) in [6, 6.07) is 11.4. The number of nitrogens with zero attached hydrogens (tertiary/aromatic N) is 1. The Kier molecular flexibility index (Phi) is 3.51. The SMILES string of the molecule is Cc1cc(C(=O)N(C)c2cccc(N)c2)ccc1F. The first-order valence-corrected chi connectivity index (χ1v) is 5.89. The van der Waals surface area contributed by atoms with Crippen molar-refractivity contribution in [3.63, 3.8) is 0 Å². The van der Waals surface area contributed by atoms with Gasteiger partial charge in [-0.1, -0.05) is 6.07 Å². The molecule has 0 aliphatic carbocycles. The maximum atomic E-state index is 13.2. The summed E-state index contributed by atoms with van der Waals surface area (Å²) in [7, 11) is 1.66. The van der Waals surface area contributed by atoms with Crippen LogP contribution in [0.3, 0.4) is 0 Å². The topological polar surface area (TPSA) is 46.3 Å². The van der Waals surface area contributed by atoms with Crippen LogP contribution in [0.1, 0.15) is 15.9 Å². The summed E-state index contributed by atoms with van der Waals surface area (Å²) in [6.45, 7) is 1.63. The number of hydrogen-bond acceptors (Lipinski definition) is 2. The van der Waals surface area contributed by atoms with Crippen molar-refractivity contribution in [1.82, 2.24) is 0 Å². The lowest BCUT2D eigenvalue weighted by Gasteiger charge is -2.18. The maximum absolute atomic E-state index is 13.2. The highest BCUT2D eigenvalue weighted by atomic mass is 19.1. The van der Waals surface area contributed by atoms with Crippen molar-refractivity contribution in [2.45, 2.75) is 6.92 Å². The van der Waals surface area contributed by atoms with E-state index < -0.39 is 0 Å². The Bertz CT molecular complexity index is 625. The van der Waals surface area contributed by atoms with E-state index in [1.54, 1.807) is 44.3 Å². The van der Waals surface area contributed by atoms with Crippen LogP contribution in [-0.4, -0.2) is 13.0 Å². The number of amides is 1. The molecule has 19 heavy (non-hydrogen) atoms. The molecule has 3 nitrogen and oxygen atoms in total. The van der Waals surface area contributed by atoms with Gasteiger partial charge in [0, 0.05) is 24.0 Å². The first kappa shape index (κ1) is 13.1.